The molecule has 2 unspecified atom stereocenters. The molecule has 3 aromatic carbocycles. The Morgan fingerprint density at radius 2 is 1.11 bits per heavy atom. The second kappa shape index (κ2) is 7.28. The van der Waals surface area contributed by atoms with Crippen molar-refractivity contribution in [3.63, 3.8) is 0 Å². The minimum Gasteiger partial charge on any atom is -0.334 e. The topological polar surface area (TPSA) is 33.3 Å². The van der Waals surface area contributed by atoms with E-state index in [1.807, 2.05) is 6.07 Å². The first-order valence-electron chi connectivity index (χ1n) is 9.43. The third-order valence-corrected chi connectivity index (χ3v) is 5.02. The van der Waals surface area contributed by atoms with Gasteiger partial charge in [-0.15, -0.1) is 0 Å². The molecule has 0 saturated carbocycles. The lowest BCUT2D eigenvalue weighted by Crippen LogP contribution is -2.26. The van der Waals surface area contributed by atoms with Crippen molar-refractivity contribution in [3.8, 4) is 11.1 Å². The summed E-state index contributed by atoms with van der Waals surface area (Å²) < 4.78 is 6.18. The largest absolute Gasteiger partial charge is 0.334 e. The standard InChI is InChI=1S/C24H26N2O/c1-24(2,3)21-15-13-20(14-16-21)23-26-25-22(27-23)19-11-9-18(10-12-19)17-7-5-4-6-8-17/h4-16,22-23,25-26H,1-3H3. The van der Waals surface area contributed by atoms with Gasteiger partial charge in [0.1, 0.15) is 12.5 Å². The first-order chi connectivity index (χ1) is 13.0. The molecule has 0 radical (unpaired) electrons. The van der Waals surface area contributed by atoms with Crippen LogP contribution in [0.5, 0.6) is 0 Å². The van der Waals surface area contributed by atoms with Crippen molar-refractivity contribution in [2.45, 2.75) is 38.6 Å². The maximum Gasteiger partial charge on any atom is 0.149 e. The van der Waals surface area contributed by atoms with Crippen molar-refractivity contribution in [3.05, 3.63) is 95.6 Å². The molecule has 4 rings (SSSR count). The van der Waals surface area contributed by atoms with Crippen LogP contribution in [0.25, 0.3) is 11.1 Å². The molecule has 27 heavy (non-hydrogen) atoms. The van der Waals surface area contributed by atoms with Crippen LogP contribution < -0.4 is 10.9 Å². The number of benzene rings is 3. The van der Waals surface area contributed by atoms with E-state index in [2.05, 4.69) is 104 Å². The first kappa shape index (κ1) is 17.9. The van der Waals surface area contributed by atoms with E-state index in [0.717, 1.165) is 11.1 Å². The van der Waals surface area contributed by atoms with Crippen LogP contribution in [0.1, 0.15) is 49.9 Å². The minimum absolute atomic E-state index is 0.155. The molecular formula is C24H26N2O. The number of rotatable bonds is 3. The third kappa shape index (κ3) is 3.96. The summed E-state index contributed by atoms with van der Waals surface area (Å²) in [6.45, 7) is 6.68. The fourth-order valence-electron chi connectivity index (χ4n) is 3.32. The van der Waals surface area contributed by atoms with Gasteiger partial charge >= 0.3 is 0 Å². The van der Waals surface area contributed by atoms with Gasteiger partial charge in [0.25, 0.3) is 0 Å². The summed E-state index contributed by atoms with van der Waals surface area (Å²) in [5.41, 5.74) is 12.6. The van der Waals surface area contributed by atoms with E-state index in [0.29, 0.717) is 0 Å². The Kier molecular flexibility index (Phi) is 4.83. The molecule has 2 N–H and O–H groups in total. The molecule has 1 aliphatic rings. The van der Waals surface area contributed by atoms with Crippen molar-refractivity contribution in [2.24, 2.45) is 0 Å². The summed E-state index contributed by atoms with van der Waals surface area (Å²) in [5, 5.41) is 0. The number of hydrogen-bond acceptors (Lipinski definition) is 3. The highest BCUT2D eigenvalue weighted by Gasteiger charge is 2.27. The Morgan fingerprint density at radius 1 is 0.630 bits per heavy atom. The minimum atomic E-state index is -0.165. The summed E-state index contributed by atoms with van der Waals surface area (Å²) in [7, 11) is 0. The van der Waals surface area contributed by atoms with Gasteiger partial charge in [-0.3, -0.25) is 0 Å². The molecule has 1 fully saturated rings. The van der Waals surface area contributed by atoms with Gasteiger partial charge in [0, 0.05) is 0 Å². The summed E-state index contributed by atoms with van der Waals surface area (Å²) in [6.07, 6.45) is -0.320. The van der Waals surface area contributed by atoms with Crippen molar-refractivity contribution < 1.29 is 4.74 Å². The van der Waals surface area contributed by atoms with E-state index in [4.69, 9.17) is 4.74 Å². The molecule has 1 heterocycles. The van der Waals surface area contributed by atoms with Gasteiger partial charge in [0.05, 0.1) is 0 Å². The molecule has 3 aromatic rings. The first-order valence-corrected chi connectivity index (χ1v) is 9.43. The predicted molar refractivity (Wildman–Crippen MR) is 110 cm³/mol. The summed E-state index contributed by atoms with van der Waals surface area (Å²) >= 11 is 0. The van der Waals surface area contributed by atoms with Crippen molar-refractivity contribution in [1.29, 1.82) is 0 Å². The number of hydrazine groups is 1. The van der Waals surface area contributed by atoms with Gasteiger partial charge in [0.2, 0.25) is 0 Å². The Morgan fingerprint density at radius 3 is 1.63 bits per heavy atom. The molecule has 3 heteroatoms. The second-order valence-corrected chi connectivity index (χ2v) is 8.04. The lowest BCUT2D eigenvalue weighted by atomic mass is 9.86. The molecule has 3 nitrogen and oxygen atoms in total. The lowest BCUT2D eigenvalue weighted by Gasteiger charge is -2.20. The van der Waals surface area contributed by atoms with E-state index in [1.54, 1.807) is 0 Å². The van der Waals surface area contributed by atoms with Gasteiger partial charge in [-0.1, -0.05) is 99.6 Å². The molecule has 138 valence electrons. The fourth-order valence-corrected chi connectivity index (χ4v) is 3.32. The summed E-state index contributed by atoms with van der Waals surface area (Å²) in [6, 6.07) is 27.6. The normalized spacial score (nSPS) is 20.0. The molecule has 0 aliphatic carbocycles. The average Bonchev–Trinajstić information content (AvgIpc) is 3.18. The maximum absolute atomic E-state index is 6.18. The van der Waals surface area contributed by atoms with Crippen molar-refractivity contribution >= 4 is 0 Å². The van der Waals surface area contributed by atoms with Crippen LogP contribution in [-0.2, 0) is 10.2 Å². The summed E-state index contributed by atoms with van der Waals surface area (Å²) in [5.74, 6) is 0. The predicted octanol–water partition coefficient (Wildman–Crippen LogP) is 5.47. The SMILES string of the molecule is CC(C)(C)c1ccc(C2NNC(c3ccc(-c4ccccc4)cc3)O2)cc1. The van der Waals surface area contributed by atoms with E-state index in [1.165, 1.54) is 16.7 Å². The number of hydrogen-bond donors (Lipinski definition) is 2. The Bertz CT molecular complexity index is 880. The van der Waals surface area contributed by atoms with Crippen LogP contribution in [0.4, 0.5) is 0 Å². The molecule has 2 atom stereocenters. The highest BCUT2D eigenvalue weighted by atomic mass is 16.5. The summed E-state index contributed by atoms with van der Waals surface area (Å²) in [4.78, 5) is 0. The van der Waals surface area contributed by atoms with Crippen LogP contribution in [0, 0.1) is 0 Å². The van der Waals surface area contributed by atoms with E-state index < -0.39 is 0 Å². The van der Waals surface area contributed by atoms with E-state index in [9.17, 15) is 0 Å². The van der Waals surface area contributed by atoms with Crippen molar-refractivity contribution in [2.75, 3.05) is 0 Å². The average molecular weight is 358 g/mol. The Balaban J connectivity index is 1.45. The third-order valence-electron chi connectivity index (χ3n) is 5.02. The second-order valence-electron chi connectivity index (χ2n) is 8.04. The quantitative estimate of drug-likeness (QED) is 0.651. The molecular weight excluding hydrogens is 332 g/mol. The Hall–Kier alpha value is -2.46. The van der Waals surface area contributed by atoms with Gasteiger partial charge in [-0.05, 0) is 33.2 Å². The highest BCUT2D eigenvalue weighted by molar-refractivity contribution is 5.63. The highest BCUT2D eigenvalue weighted by Crippen LogP contribution is 2.30. The van der Waals surface area contributed by atoms with Crippen LogP contribution in [0.2, 0.25) is 0 Å². The molecule has 1 aliphatic heterocycles. The zero-order valence-corrected chi connectivity index (χ0v) is 16.1. The fraction of sp³-hybridized carbons (Fsp3) is 0.250. The molecule has 0 spiro atoms. The zero-order chi connectivity index (χ0) is 18.9. The molecule has 0 bridgehead atoms. The van der Waals surface area contributed by atoms with Crippen molar-refractivity contribution in [1.82, 2.24) is 10.9 Å². The van der Waals surface area contributed by atoms with Crippen LogP contribution in [-0.4, -0.2) is 0 Å². The van der Waals surface area contributed by atoms with Crippen LogP contribution in [0.15, 0.2) is 78.9 Å². The molecule has 0 amide bonds. The molecule has 0 aromatic heterocycles. The smallest absolute Gasteiger partial charge is 0.149 e. The Labute approximate surface area is 161 Å². The van der Waals surface area contributed by atoms with Gasteiger partial charge in [-0.25, -0.2) is 10.9 Å². The number of ether oxygens (including phenoxy) is 1. The van der Waals surface area contributed by atoms with Crippen LogP contribution in [0.3, 0.4) is 0 Å². The van der Waals surface area contributed by atoms with Crippen LogP contribution >= 0.6 is 0 Å². The maximum atomic E-state index is 6.18. The zero-order valence-electron chi connectivity index (χ0n) is 16.1. The van der Waals surface area contributed by atoms with E-state index in [-0.39, 0.29) is 17.9 Å². The number of nitrogens with one attached hydrogen (secondary N) is 2. The van der Waals surface area contributed by atoms with E-state index >= 15 is 0 Å². The van der Waals surface area contributed by atoms with Gasteiger partial charge < -0.3 is 4.74 Å². The van der Waals surface area contributed by atoms with Gasteiger partial charge in [0.15, 0.2) is 0 Å². The van der Waals surface area contributed by atoms with Gasteiger partial charge in [-0.2, -0.15) is 0 Å². The monoisotopic (exact) mass is 358 g/mol. The molecule has 1 saturated heterocycles. The lowest BCUT2D eigenvalue weighted by molar-refractivity contribution is 0.0341.